The number of benzene rings is 2. The molecule has 0 aromatic heterocycles. The van der Waals surface area contributed by atoms with Gasteiger partial charge in [0, 0.05) is 23.0 Å². The molecule has 0 heterocycles. The number of carbonyl (C=O) groups is 1. The van der Waals surface area contributed by atoms with Crippen LogP contribution in [0.2, 0.25) is 0 Å². The predicted molar refractivity (Wildman–Crippen MR) is 107 cm³/mol. The topological polar surface area (TPSA) is 58.2 Å². The van der Waals surface area contributed by atoms with Crippen molar-refractivity contribution in [3.8, 4) is 0 Å². The van der Waals surface area contributed by atoms with Crippen LogP contribution in [-0.2, 0) is 28.3 Å². The summed E-state index contributed by atoms with van der Waals surface area (Å²) in [6, 6.07) is 10.7. The molecule has 1 unspecified atom stereocenters. The van der Waals surface area contributed by atoms with Gasteiger partial charge in [-0.25, -0.2) is 0 Å². The molecular formula is C19H20BrF3N2O2S. The molecule has 152 valence electrons. The zero-order valence-electron chi connectivity index (χ0n) is 15.5. The van der Waals surface area contributed by atoms with Gasteiger partial charge >= 0.3 is 6.18 Å². The average molecular weight is 477 g/mol. The lowest BCUT2D eigenvalue weighted by Gasteiger charge is -2.26. The molecule has 0 radical (unpaired) electrons. The van der Waals surface area contributed by atoms with Crippen LogP contribution in [0.1, 0.15) is 25.0 Å². The van der Waals surface area contributed by atoms with Crippen molar-refractivity contribution in [3.63, 3.8) is 0 Å². The predicted octanol–water partition coefficient (Wildman–Crippen LogP) is 4.71. The summed E-state index contributed by atoms with van der Waals surface area (Å²) in [6.07, 6.45) is -3.49. The number of amides is 1. The number of hydrogen-bond acceptors (Lipinski definition) is 3. The quantitative estimate of drug-likeness (QED) is 0.634. The standard InChI is InChI=1S/C19H20BrF3N2O2S/c1-18(2,24-11-12-6-4-5-7-15(12)20)17(26)25-13-8-9-16(28(3)27)14(10-13)19(21,22)23/h4-10,24H,11H2,1-3H3,(H,25,26). The van der Waals surface area contributed by atoms with E-state index < -0.39 is 34.0 Å². The second-order valence-electron chi connectivity index (χ2n) is 6.69. The van der Waals surface area contributed by atoms with Crippen molar-refractivity contribution < 1.29 is 22.2 Å². The maximum Gasteiger partial charge on any atom is 0.417 e. The van der Waals surface area contributed by atoms with E-state index in [1.165, 1.54) is 12.3 Å². The lowest BCUT2D eigenvalue weighted by Crippen LogP contribution is -2.49. The van der Waals surface area contributed by atoms with Gasteiger partial charge in [-0.1, -0.05) is 34.1 Å². The molecule has 2 aromatic rings. The van der Waals surface area contributed by atoms with Crippen LogP contribution in [0.3, 0.4) is 0 Å². The van der Waals surface area contributed by atoms with Crippen molar-refractivity contribution in [3.05, 3.63) is 58.1 Å². The van der Waals surface area contributed by atoms with E-state index in [1.54, 1.807) is 13.8 Å². The van der Waals surface area contributed by atoms with Crippen molar-refractivity contribution in [2.45, 2.75) is 37.0 Å². The molecule has 0 bridgehead atoms. The van der Waals surface area contributed by atoms with E-state index >= 15 is 0 Å². The summed E-state index contributed by atoms with van der Waals surface area (Å²) in [6.45, 7) is 3.67. The molecular weight excluding hydrogens is 457 g/mol. The van der Waals surface area contributed by atoms with Crippen LogP contribution >= 0.6 is 15.9 Å². The number of nitrogens with one attached hydrogen (secondary N) is 2. The van der Waals surface area contributed by atoms with Crippen LogP contribution in [0, 0.1) is 0 Å². The van der Waals surface area contributed by atoms with Crippen molar-refractivity contribution in [1.82, 2.24) is 5.32 Å². The van der Waals surface area contributed by atoms with Crippen LogP contribution < -0.4 is 10.6 Å². The van der Waals surface area contributed by atoms with Gasteiger partial charge < -0.3 is 5.32 Å². The summed E-state index contributed by atoms with van der Waals surface area (Å²) in [5.41, 5.74) is -1.13. The Kier molecular flexibility index (Phi) is 7.06. The second-order valence-corrected chi connectivity index (χ2v) is 8.89. The Hall–Kier alpha value is -1.71. The Labute approximate surface area is 172 Å². The maximum atomic E-state index is 13.2. The summed E-state index contributed by atoms with van der Waals surface area (Å²) in [4.78, 5) is 12.3. The van der Waals surface area contributed by atoms with E-state index in [-0.39, 0.29) is 10.6 Å². The van der Waals surface area contributed by atoms with E-state index in [0.717, 1.165) is 22.2 Å². The van der Waals surface area contributed by atoms with Crippen LogP contribution in [0.25, 0.3) is 0 Å². The van der Waals surface area contributed by atoms with E-state index in [0.29, 0.717) is 6.54 Å². The molecule has 0 saturated carbocycles. The van der Waals surface area contributed by atoms with Crippen molar-refractivity contribution >= 4 is 38.3 Å². The lowest BCUT2D eigenvalue weighted by molar-refractivity contribution is -0.139. The Balaban J connectivity index is 2.16. The van der Waals surface area contributed by atoms with Gasteiger partial charge in [0.2, 0.25) is 5.91 Å². The minimum absolute atomic E-state index is 0.0118. The summed E-state index contributed by atoms with van der Waals surface area (Å²) in [5, 5.41) is 5.60. The SMILES string of the molecule is CS(=O)c1ccc(NC(=O)C(C)(C)NCc2ccccc2Br)cc1C(F)(F)F. The number of hydrogen-bond donors (Lipinski definition) is 2. The minimum Gasteiger partial charge on any atom is -0.324 e. The third kappa shape index (κ3) is 5.65. The van der Waals surface area contributed by atoms with E-state index in [4.69, 9.17) is 0 Å². The van der Waals surface area contributed by atoms with Crippen molar-refractivity contribution in [2.24, 2.45) is 0 Å². The Morgan fingerprint density at radius 3 is 2.36 bits per heavy atom. The molecule has 2 aromatic carbocycles. The Morgan fingerprint density at radius 1 is 1.14 bits per heavy atom. The summed E-state index contributed by atoms with van der Waals surface area (Å²) in [7, 11) is -1.80. The molecule has 0 saturated heterocycles. The molecule has 28 heavy (non-hydrogen) atoms. The molecule has 1 amide bonds. The number of alkyl halides is 3. The molecule has 4 nitrogen and oxygen atoms in total. The van der Waals surface area contributed by atoms with E-state index in [1.807, 2.05) is 24.3 Å². The Bertz CT molecular complexity index is 901. The summed E-state index contributed by atoms with van der Waals surface area (Å²) in [5.74, 6) is -0.488. The van der Waals surface area contributed by atoms with Gasteiger partial charge in [0.15, 0.2) is 0 Å². The highest BCUT2D eigenvalue weighted by Crippen LogP contribution is 2.35. The van der Waals surface area contributed by atoms with E-state index in [9.17, 15) is 22.2 Å². The normalized spacial score (nSPS) is 13.2. The molecule has 0 aliphatic carbocycles. The molecule has 1 atom stereocenters. The fourth-order valence-corrected chi connectivity index (χ4v) is 3.57. The summed E-state index contributed by atoms with van der Waals surface area (Å²) < 4.78 is 52.2. The summed E-state index contributed by atoms with van der Waals surface area (Å²) >= 11 is 3.43. The number of halogens is 4. The first-order chi connectivity index (χ1) is 12.9. The monoisotopic (exact) mass is 476 g/mol. The van der Waals surface area contributed by atoms with Gasteiger partial charge in [0.1, 0.15) is 0 Å². The van der Waals surface area contributed by atoms with Gasteiger partial charge in [0.05, 0.1) is 26.8 Å². The third-order valence-corrected chi connectivity index (χ3v) is 5.85. The first kappa shape index (κ1) is 22.6. The van der Waals surface area contributed by atoms with Crippen LogP contribution in [0.5, 0.6) is 0 Å². The van der Waals surface area contributed by atoms with Gasteiger partial charge in [-0.3, -0.25) is 14.3 Å². The zero-order valence-corrected chi connectivity index (χ0v) is 17.9. The third-order valence-electron chi connectivity index (χ3n) is 4.10. The van der Waals surface area contributed by atoms with E-state index in [2.05, 4.69) is 26.6 Å². The fraction of sp³-hybridized carbons (Fsp3) is 0.316. The second kappa shape index (κ2) is 8.75. The molecule has 0 aliphatic rings. The number of rotatable bonds is 6. The molecule has 0 fully saturated rings. The molecule has 0 aliphatic heterocycles. The zero-order chi connectivity index (χ0) is 21.1. The molecule has 9 heteroatoms. The van der Waals surface area contributed by atoms with Gasteiger partial charge in [-0.05, 0) is 43.7 Å². The molecule has 2 N–H and O–H groups in total. The highest BCUT2D eigenvalue weighted by atomic mass is 79.9. The minimum atomic E-state index is -4.67. The van der Waals surface area contributed by atoms with Crippen LogP contribution in [0.4, 0.5) is 18.9 Å². The Morgan fingerprint density at radius 2 is 1.79 bits per heavy atom. The molecule has 2 rings (SSSR count). The number of carbonyl (C=O) groups excluding carboxylic acids is 1. The highest BCUT2D eigenvalue weighted by Gasteiger charge is 2.35. The first-order valence-corrected chi connectivity index (χ1v) is 10.6. The smallest absolute Gasteiger partial charge is 0.324 e. The first-order valence-electron chi connectivity index (χ1n) is 8.26. The van der Waals surface area contributed by atoms with Crippen molar-refractivity contribution in [2.75, 3.05) is 11.6 Å². The molecule has 0 spiro atoms. The maximum absolute atomic E-state index is 13.2. The van der Waals surface area contributed by atoms with Gasteiger partial charge in [-0.15, -0.1) is 0 Å². The highest BCUT2D eigenvalue weighted by molar-refractivity contribution is 9.10. The fourth-order valence-electron chi connectivity index (χ4n) is 2.41. The van der Waals surface area contributed by atoms with Crippen LogP contribution in [0.15, 0.2) is 51.8 Å². The van der Waals surface area contributed by atoms with Gasteiger partial charge in [-0.2, -0.15) is 13.2 Å². The van der Waals surface area contributed by atoms with Gasteiger partial charge in [0.25, 0.3) is 0 Å². The van der Waals surface area contributed by atoms with Crippen LogP contribution in [-0.4, -0.2) is 21.9 Å². The average Bonchev–Trinajstić information content (AvgIpc) is 2.60. The number of anilines is 1. The largest absolute Gasteiger partial charge is 0.417 e. The van der Waals surface area contributed by atoms with Crippen molar-refractivity contribution in [1.29, 1.82) is 0 Å². The lowest BCUT2D eigenvalue weighted by atomic mass is 10.0.